The van der Waals surface area contributed by atoms with Crippen LogP contribution in [0.25, 0.3) is 11.1 Å². The van der Waals surface area contributed by atoms with Gasteiger partial charge >= 0.3 is 6.09 Å². The maximum atomic E-state index is 12.3. The van der Waals surface area contributed by atoms with Crippen molar-refractivity contribution in [2.45, 2.75) is 39.2 Å². The predicted octanol–water partition coefficient (Wildman–Crippen LogP) is 2.22. The van der Waals surface area contributed by atoms with Crippen molar-refractivity contribution < 1.29 is 14.3 Å². The second-order valence-corrected chi connectivity index (χ2v) is 7.02. The van der Waals surface area contributed by atoms with Crippen molar-refractivity contribution in [1.29, 1.82) is 0 Å². The van der Waals surface area contributed by atoms with E-state index in [-0.39, 0.29) is 11.3 Å². The SMILES string of the molecule is CCc1cc(-c2cncc(OC(=O)N[C@H]3CC=CC[C@H]3C(N)=O)c2)c(C)[nH]c1=O. The summed E-state index contributed by atoms with van der Waals surface area (Å²) in [6, 6.07) is 3.09. The third kappa shape index (κ3) is 4.71. The van der Waals surface area contributed by atoms with Crippen LogP contribution in [-0.2, 0) is 11.2 Å². The Morgan fingerprint density at radius 2 is 2.03 bits per heavy atom. The second kappa shape index (κ2) is 8.72. The van der Waals surface area contributed by atoms with E-state index in [1.165, 1.54) is 6.20 Å². The summed E-state index contributed by atoms with van der Waals surface area (Å²) < 4.78 is 5.37. The molecule has 4 N–H and O–H groups in total. The number of rotatable bonds is 5. The second-order valence-electron chi connectivity index (χ2n) is 7.02. The van der Waals surface area contributed by atoms with Gasteiger partial charge in [-0.15, -0.1) is 0 Å². The number of H-pyrrole nitrogens is 1. The van der Waals surface area contributed by atoms with Crippen molar-refractivity contribution in [3.8, 4) is 16.9 Å². The summed E-state index contributed by atoms with van der Waals surface area (Å²) in [5, 5.41) is 2.71. The topological polar surface area (TPSA) is 127 Å². The van der Waals surface area contributed by atoms with Crippen LogP contribution in [0, 0.1) is 12.8 Å². The van der Waals surface area contributed by atoms with Gasteiger partial charge in [-0.25, -0.2) is 4.79 Å². The van der Waals surface area contributed by atoms with E-state index in [0.717, 1.165) is 11.1 Å². The summed E-state index contributed by atoms with van der Waals surface area (Å²) in [5.41, 5.74) is 8.20. The van der Waals surface area contributed by atoms with Gasteiger partial charge in [0.25, 0.3) is 5.56 Å². The number of nitrogens with two attached hydrogens (primary N) is 1. The van der Waals surface area contributed by atoms with Gasteiger partial charge < -0.3 is 20.8 Å². The van der Waals surface area contributed by atoms with Gasteiger partial charge in [0.05, 0.1) is 12.1 Å². The van der Waals surface area contributed by atoms with Crippen LogP contribution in [0.1, 0.15) is 31.0 Å². The molecule has 0 aliphatic heterocycles. The van der Waals surface area contributed by atoms with E-state index in [1.54, 1.807) is 19.2 Å². The Labute approximate surface area is 168 Å². The molecular weight excluding hydrogens is 372 g/mol. The lowest BCUT2D eigenvalue weighted by Crippen LogP contribution is -2.47. The molecule has 0 bridgehead atoms. The van der Waals surface area contributed by atoms with Gasteiger partial charge in [0.1, 0.15) is 0 Å². The number of allylic oxidation sites excluding steroid dienone is 1. The van der Waals surface area contributed by atoms with Crippen LogP contribution in [0.3, 0.4) is 0 Å². The van der Waals surface area contributed by atoms with Crippen LogP contribution < -0.4 is 21.3 Å². The number of aromatic amines is 1. The Morgan fingerprint density at radius 1 is 1.28 bits per heavy atom. The van der Waals surface area contributed by atoms with Crippen molar-refractivity contribution >= 4 is 12.0 Å². The first kappa shape index (κ1) is 20.3. The number of hydrogen-bond acceptors (Lipinski definition) is 5. The van der Waals surface area contributed by atoms with Crippen LogP contribution in [0.4, 0.5) is 4.79 Å². The van der Waals surface area contributed by atoms with E-state index in [9.17, 15) is 14.4 Å². The van der Waals surface area contributed by atoms with Gasteiger partial charge in [-0.2, -0.15) is 0 Å². The van der Waals surface area contributed by atoms with Crippen molar-refractivity contribution in [1.82, 2.24) is 15.3 Å². The lowest BCUT2D eigenvalue weighted by molar-refractivity contribution is -0.122. The minimum absolute atomic E-state index is 0.112. The molecular formula is C21H24N4O4. The van der Waals surface area contributed by atoms with Crippen molar-refractivity contribution in [3.63, 3.8) is 0 Å². The summed E-state index contributed by atoms with van der Waals surface area (Å²) in [5.74, 6) is -0.664. The molecule has 2 amide bonds. The van der Waals surface area contributed by atoms with E-state index in [4.69, 9.17) is 10.5 Å². The summed E-state index contributed by atoms with van der Waals surface area (Å²) >= 11 is 0. The number of aromatic nitrogens is 2. The maximum absolute atomic E-state index is 12.3. The normalized spacial score (nSPS) is 18.3. The molecule has 0 unspecified atom stereocenters. The molecule has 2 heterocycles. The molecule has 3 rings (SSSR count). The van der Waals surface area contributed by atoms with E-state index in [2.05, 4.69) is 15.3 Å². The smallest absolute Gasteiger partial charge is 0.409 e. The summed E-state index contributed by atoms with van der Waals surface area (Å²) in [7, 11) is 0. The molecule has 0 radical (unpaired) electrons. The number of nitrogens with one attached hydrogen (secondary N) is 2. The highest BCUT2D eigenvalue weighted by atomic mass is 16.6. The van der Waals surface area contributed by atoms with E-state index in [0.29, 0.717) is 30.5 Å². The van der Waals surface area contributed by atoms with Crippen LogP contribution >= 0.6 is 0 Å². The van der Waals surface area contributed by atoms with Crippen LogP contribution in [0.2, 0.25) is 0 Å². The molecule has 8 heteroatoms. The Hall–Kier alpha value is -3.42. The highest BCUT2D eigenvalue weighted by molar-refractivity contribution is 5.79. The van der Waals surface area contributed by atoms with Gasteiger partial charge in [0, 0.05) is 34.6 Å². The van der Waals surface area contributed by atoms with E-state index < -0.39 is 24.0 Å². The number of aryl methyl sites for hydroxylation is 2. The van der Waals surface area contributed by atoms with Crippen molar-refractivity contribution in [2.24, 2.45) is 11.7 Å². The first-order valence-corrected chi connectivity index (χ1v) is 9.50. The molecule has 8 nitrogen and oxygen atoms in total. The predicted molar refractivity (Wildman–Crippen MR) is 108 cm³/mol. The average Bonchev–Trinajstić information content (AvgIpc) is 2.68. The zero-order valence-corrected chi connectivity index (χ0v) is 16.4. The third-order valence-corrected chi connectivity index (χ3v) is 5.03. The molecule has 2 atom stereocenters. The van der Waals surface area contributed by atoms with Crippen LogP contribution in [0.5, 0.6) is 5.75 Å². The van der Waals surface area contributed by atoms with Crippen molar-refractivity contribution in [2.75, 3.05) is 0 Å². The number of pyridine rings is 2. The summed E-state index contributed by atoms with van der Waals surface area (Å²) in [6.07, 6.45) is 7.77. The van der Waals surface area contributed by atoms with Gasteiger partial charge in [0.2, 0.25) is 5.91 Å². The highest BCUT2D eigenvalue weighted by Crippen LogP contribution is 2.25. The van der Waals surface area contributed by atoms with Gasteiger partial charge in [0.15, 0.2) is 5.75 Å². The first-order valence-electron chi connectivity index (χ1n) is 9.50. The number of carbonyl (C=O) groups is 2. The molecule has 152 valence electrons. The largest absolute Gasteiger partial charge is 0.412 e. The van der Waals surface area contributed by atoms with Gasteiger partial charge in [-0.1, -0.05) is 19.1 Å². The molecule has 0 spiro atoms. The zero-order valence-electron chi connectivity index (χ0n) is 16.4. The lowest BCUT2D eigenvalue weighted by atomic mass is 9.88. The molecule has 0 saturated carbocycles. The van der Waals surface area contributed by atoms with Crippen molar-refractivity contribution in [3.05, 3.63) is 58.3 Å². The fourth-order valence-electron chi connectivity index (χ4n) is 3.43. The van der Waals surface area contributed by atoms with E-state index >= 15 is 0 Å². The number of hydrogen-bond donors (Lipinski definition) is 3. The molecule has 2 aromatic rings. The maximum Gasteiger partial charge on any atom is 0.412 e. The fourth-order valence-corrected chi connectivity index (χ4v) is 3.43. The zero-order chi connectivity index (χ0) is 21.0. The molecule has 0 aromatic carbocycles. The molecule has 29 heavy (non-hydrogen) atoms. The number of nitrogens with zero attached hydrogens (tertiary/aromatic N) is 1. The number of carbonyl (C=O) groups excluding carboxylic acids is 2. The quantitative estimate of drug-likeness (QED) is 0.668. The van der Waals surface area contributed by atoms with Gasteiger partial charge in [-0.3, -0.25) is 14.6 Å². The van der Waals surface area contributed by atoms with Crippen LogP contribution in [-0.4, -0.2) is 28.0 Å². The lowest BCUT2D eigenvalue weighted by Gasteiger charge is -2.26. The fraction of sp³-hybridized carbons (Fsp3) is 0.333. The number of primary amides is 1. The van der Waals surface area contributed by atoms with E-state index in [1.807, 2.05) is 25.1 Å². The minimum atomic E-state index is -0.678. The summed E-state index contributed by atoms with van der Waals surface area (Å²) in [4.78, 5) is 42.8. The number of amides is 2. The molecule has 0 saturated heterocycles. The highest BCUT2D eigenvalue weighted by Gasteiger charge is 2.29. The Bertz CT molecular complexity index is 1010. The number of ether oxygens (including phenoxy) is 1. The molecule has 0 fully saturated rings. The minimum Gasteiger partial charge on any atom is -0.409 e. The monoisotopic (exact) mass is 396 g/mol. The molecule has 2 aromatic heterocycles. The molecule has 1 aliphatic rings. The van der Waals surface area contributed by atoms with Crippen LogP contribution in [0.15, 0.2) is 41.5 Å². The van der Waals surface area contributed by atoms with Gasteiger partial charge in [-0.05, 0) is 38.3 Å². The average molecular weight is 396 g/mol. The molecule has 1 aliphatic carbocycles. The Kier molecular flexibility index (Phi) is 6.11. The summed E-state index contributed by atoms with van der Waals surface area (Å²) in [6.45, 7) is 3.71. The first-order chi connectivity index (χ1) is 13.9. The Morgan fingerprint density at radius 3 is 2.76 bits per heavy atom. The standard InChI is InChI=1S/C21H24N4O4/c1-3-13-9-17(12(2)24-20(13)27)14-8-15(11-23-10-14)29-21(28)25-18-7-5-4-6-16(18)19(22)26/h4-5,8-11,16,18H,3,6-7H2,1-2H3,(H2,22,26)(H,24,27)(H,25,28)/t16-,18+/m1/s1. The third-order valence-electron chi connectivity index (χ3n) is 5.03. The Balaban J connectivity index is 1.77.